The number of aromatic nitrogens is 1. The van der Waals surface area contributed by atoms with Gasteiger partial charge in [-0.3, -0.25) is 0 Å². The quantitative estimate of drug-likeness (QED) is 0.601. The number of unbranched alkanes of at least 4 members (excludes halogenated alkanes) is 2. The van der Waals surface area contributed by atoms with E-state index in [9.17, 15) is 0 Å². The molecule has 1 aromatic rings. The molecular weight excluding hydrogens is 196 g/mol. The Kier molecular flexibility index (Phi) is 4.91. The Morgan fingerprint density at radius 2 is 2.29 bits per heavy atom. The summed E-state index contributed by atoms with van der Waals surface area (Å²) < 4.78 is 0. The number of rotatable bonds is 5. The van der Waals surface area contributed by atoms with Crippen LogP contribution < -0.4 is 5.73 Å². The lowest BCUT2D eigenvalue weighted by molar-refractivity contribution is 0.580. The van der Waals surface area contributed by atoms with Crippen LogP contribution in [0, 0.1) is 0 Å². The van der Waals surface area contributed by atoms with Crippen LogP contribution in [0.3, 0.4) is 0 Å². The molecule has 0 aliphatic rings. The van der Waals surface area contributed by atoms with Crippen molar-refractivity contribution in [3.05, 3.63) is 29.0 Å². The van der Waals surface area contributed by atoms with Crippen molar-refractivity contribution in [3.8, 4) is 0 Å². The van der Waals surface area contributed by atoms with Gasteiger partial charge in [-0.05, 0) is 12.5 Å². The Hall–Kier alpha value is -0.600. The van der Waals surface area contributed by atoms with E-state index in [1.807, 2.05) is 12.1 Å². The fourth-order valence-corrected chi connectivity index (χ4v) is 1.70. The Balaban J connectivity index is 2.51. The molecule has 1 aromatic heterocycles. The first kappa shape index (κ1) is 11.5. The highest BCUT2D eigenvalue weighted by Crippen LogP contribution is 2.22. The molecule has 0 saturated heterocycles. The Bertz CT molecular complexity index is 276. The smallest absolute Gasteiger partial charge is 0.133 e. The van der Waals surface area contributed by atoms with Crippen molar-refractivity contribution in [1.29, 1.82) is 0 Å². The zero-order valence-corrected chi connectivity index (χ0v) is 9.30. The van der Waals surface area contributed by atoms with E-state index in [2.05, 4.69) is 11.9 Å². The van der Waals surface area contributed by atoms with E-state index in [0.29, 0.717) is 5.15 Å². The number of hydrogen-bond donors (Lipinski definition) is 1. The molecule has 78 valence electrons. The highest BCUT2D eigenvalue weighted by Gasteiger charge is 2.09. The first-order valence-corrected chi connectivity index (χ1v) is 5.49. The Labute approximate surface area is 90.5 Å². The number of pyridine rings is 1. The first-order chi connectivity index (χ1) is 6.75. The predicted octanol–water partition coefficient (Wildman–Crippen LogP) is 3.32. The summed E-state index contributed by atoms with van der Waals surface area (Å²) in [5.74, 6) is 0. The van der Waals surface area contributed by atoms with Gasteiger partial charge in [-0.1, -0.05) is 43.9 Å². The van der Waals surface area contributed by atoms with Gasteiger partial charge in [-0.15, -0.1) is 0 Å². The number of halogens is 1. The third-order valence-electron chi connectivity index (χ3n) is 2.31. The minimum absolute atomic E-state index is 0.0303. The van der Waals surface area contributed by atoms with Crippen molar-refractivity contribution >= 4 is 11.6 Å². The summed E-state index contributed by atoms with van der Waals surface area (Å²) in [6.45, 7) is 2.18. The average molecular weight is 213 g/mol. The van der Waals surface area contributed by atoms with Crippen LogP contribution in [-0.4, -0.2) is 4.98 Å². The second-order valence-corrected chi connectivity index (χ2v) is 3.84. The SMILES string of the molecule is CCCCC[C@@H](N)c1cccnc1Cl. The van der Waals surface area contributed by atoms with Gasteiger partial charge in [0.2, 0.25) is 0 Å². The van der Waals surface area contributed by atoms with E-state index in [-0.39, 0.29) is 6.04 Å². The fourth-order valence-electron chi connectivity index (χ4n) is 1.44. The lowest BCUT2D eigenvalue weighted by Gasteiger charge is -2.12. The molecule has 3 heteroatoms. The molecule has 0 saturated carbocycles. The van der Waals surface area contributed by atoms with E-state index < -0.39 is 0 Å². The first-order valence-electron chi connectivity index (χ1n) is 5.11. The van der Waals surface area contributed by atoms with Gasteiger partial charge in [0.05, 0.1) is 0 Å². The Morgan fingerprint density at radius 3 is 2.93 bits per heavy atom. The van der Waals surface area contributed by atoms with Crippen LogP contribution >= 0.6 is 11.6 Å². The van der Waals surface area contributed by atoms with Crippen LogP contribution in [0.5, 0.6) is 0 Å². The molecule has 14 heavy (non-hydrogen) atoms. The summed E-state index contributed by atoms with van der Waals surface area (Å²) >= 11 is 5.94. The second kappa shape index (κ2) is 5.99. The molecule has 1 heterocycles. The molecule has 0 aliphatic carbocycles. The summed E-state index contributed by atoms with van der Waals surface area (Å²) in [5, 5.41) is 0.538. The topological polar surface area (TPSA) is 38.9 Å². The molecule has 0 aliphatic heterocycles. The van der Waals surface area contributed by atoms with Crippen LogP contribution in [0.4, 0.5) is 0 Å². The maximum atomic E-state index is 6.01. The van der Waals surface area contributed by atoms with Crippen LogP contribution in [-0.2, 0) is 0 Å². The molecular formula is C11H17ClN2. The van der Waals surface area contributed by atoms with Crippen LogP contribution in [0.1, 0.15) is 44.2 Å². The Morgan fingerprint density at radius 1 is 1.50 bits per heavy atom. The highest BCUT2D eigenvalue weighted by molar-refractivity contribution is 6.30. The summed E-state index contributed by atoms with van der Waals surface area (Å²) in [7, 11) is 0. The third-order valence-corrected chi connectivity index (χ3v) is 2.62. The van der Waals surface area contributed by atoms with E-state index >= 15 is 0 Å². The standard InChI is InChI=1S/C11H17ClN2/c1-2-3-4-7-10(13)9-6-5-8-14-11(9)12/h5-6,8,10H,2-4,7,13H2,1H3/t10-/m1/s1. The molecule has 0 bridgehead atoms. The maximum absolute atomic E-state index is 6.01. The summed E-state index contributed by atoms with van der Waals surface area (Å²) in [4.78, 5) is 4.01. The molecule has 1 rings (SSSR count). The molecule has 0 radical (unpaired) electrons. The summed E-state index contributed by atoms with van der Waals surface area (Å²) in [6.07, 6.45) is 6.27. The van der Waals surface area contributed by atoms with Gasteiger partial charge in [0.25, 0.3) is 0 Å². The maximum Gasteiger partial charge on any atom is 0.133 e. The monoisotopic (exact) mass is 212 g/mol. The van der Waals surface area contributed by atoms with Gasteiger partial charge >= 0.3 is 0 Å². The zero-order valence-electron chi connectivity index (χ0n) is 8.54. The minimum atomic E-state index is 0.0303. The normalized spacial score (nSPS) is 12.8. The van der Waals surface area contributed by atoms with Crippen LogP contribution in [0.25, 0.3) is 0 Å². The van der Waals surface area contributed by atoms with E-state index in [1.165, 1.54) is 12.8 Å². The zero-order chi connectivity index (χ0) is 10.4. The molecule has 0 unspecified atom stereocenters. The highest BCUT2D eigenvalue weighted by atomic mass is 35.5. The second-order valence-electron chi connectivity index (χ2n) is 3.49. The molecule has 0 amide bonds. The predicted molar refractivity (Wildman–Crippen MR) is 60.3 cm³/mol. The molecule has 1 atom stereocenters. The molecule has 0 fully saturated rings. The third kappa shape index (κ3) is 3.28. The lowest BCUT2D eigenvalue weighted by Crippen LogP contribution is -2.11. The van der Waals surface area contributed by atoms with Crippen molar-refractivity contribution in [1.82, 2.24) is 4.98 Å². The largest absolute Gasteiger partial charge is 0.324 e. The van der Waals surface area contributed by atoms with Crippen molar-refractivity contribution in [2.75, 3.05) is 0 Å². The van der Waals surface area contributed by atoms with Crippen LogP contribution in [0.15, 0.2) is 18.3 Å². The molecule has 2 nitrogen and oxygen atoms in total. The minimum Gasteiger partial charge on any atom is -0.324 e. The number of hydrogen-bond acceptors (Lipinski definition) is 2. The van der Waals surface area contributed by atoms with Gasteiger partial charge in [0.1, 0.15) is 5.15 Å². The molecule has 2 N–H and O–H groups in total. The lowest BCUT2D eigenvalue weighted by atomic mass is 10.0. The van der Waals surface area contributed by atoms with Crippen molar-refractivity contribution < 1.29 is 0 Å². The van der Waals surface area contributed by atoms with Crippen LogP contribution in [0.2, 0.25) is 5.15 Å². The van der Waals surface area contributed by atoms with Gasteiger partial charge in [0.15, 0.2) is 0 Å². The summed E-state index contributed by atoms with van der Waals surface area (Å²) in [6, 6.07) is 3.86. The number of nitrogens with two attached hydrogens (primary N) is 1. The van der Waals surface area contributed by atoms with Gasteiger partial charge in [-0.2, -0.15) is 0 Å². The van der Waals surface area contributed by atoms with E-state index in [4.69, 9.17) is 17.3 Å². The van der Waals surface area contributed by atoms with Crippen molar-refractivity contribution in [3.63, 3.8) is 0 Å². The van der Waals surface area contributed by atoms with Crippen molar-refractivity contribution in [2.24, 2.45) is 5.73 Å². The average Bonchev–Trinajstić information content (AvgIpc) is 2.18. The van der Waals surface area contributed by atoms with Crippen molar-refractivity contribution in [2.45, 2.75) is 38.6 Å². The molecule has 0 spiro atoms. The molecule has 0 aromatic carbocycles. The van der Waals surface area contributed by atoms with Gasteiger partial charge < -0.3 is 5.73 Å². The summed E-state index contributed by atoms with van der Waals surface area (Å²) in [5.41, 5.74) is 6.98. The number of nitrogens with zero attached hydrogens (tertiary/aromatic N) is 1. The van der Waals surface area contributed by atoms with Gasteiger partial charge in [0, 0.05) is 17.8 Å². The van der Waals surface area contributed by atoms with E-state index in [1.54, 1.807) is 6.20 Å². The fraction of sp³-hybridized carbons (Fsp3) is 0.545. The van der Waals surface area contributed by atoms with E-state index in [0.717, 1.165) is 18.4 Å². The van der Waals surface area contributed by atoms with Gasteiger partial charge in [-0.25, -0.2) is 4.98 Å².